The number of hydrogen-bond donors (Lipinski definition) is 0. The first-order chi connectivity index (χ1) is 20.1. The van der Waals surface area contributed by atoms with Gasteiger partial charge in [0.05, 0.1) is 28.5 Å². The maximum atomic E-state index is 14.1. The number of aromatic nitrogens is 1. The Morgan fingerprint density at radius 1 is 0.952 bits per heavy atom. The van der Waals surface area contributed by atoms with Gasteiger partial charge in [0, 0.05) is 13.8 Å². The first-order valence-electron chi connectivity index (χ1n) is 13.3. The zero-order chi connectivity index (χ0) is 30.1. The molecule has 214 valence electrons. The highest BCUT2D eigenvalue weighted by Gasteiger charge is 2.34. The summed E-state index contributed by atoms with van der Waals surface area (Å²) in [6.07, 6.45) is 1.64. The van der Waals surface area contributed by atoms with Crippen molar-refractivity contribution in [3.8, 4) is 11.5 Å². The van der Waals surface area contributed by atoms with Gasteiger partial charge < -0.3 is 14.2 Å². The number of thiazole rings is 1. The SMILES string of the molecule is CCOC(=O)C1=C(C)N=c2s/c(=C\c3ccc(OC(C)=O)c(OC(C)=O)c3)c(=O)n2C1c1ccc(C)c2ccccc12. The summed E-state index contributed by atoms with van der Waals surface area (Å²) >= 11 is 1.18. The van der Waals surface area contributed by atoms with Gasteiger partial charge >= 0.3 is 17.9 Å². The van der Waals surface area contributed by atoms with Crippen molar-refractivity contribution in [2.45, 2.75) is 40.7 Å². The van der Waals surface area contributed by atoms with Gasteiger partial charge in [-0.15, -0.1) is 0 Å². The smallest absolute Gasteiger partial charge is 0.338 e. The van der Waals surface area contributed by atoms with Crippen LogP contribution >= 0.6 is 11.3 Å². The van der Waals surface area contributed by atoms with Gasteiger partial charge in [-0.3, -0.25) is 19.0 Å². The highest BCUT2D eigenvalue weighted by molar-refractivity contribution is 7.07. The Morgan fingerprint density at radius 3 is 2.33 bits per heavy atom. The summed E-state index contributed by atoms with van der Waals surface area (Å²) in [4.78, 5) is 55.6. The molecular formula is C32H28N2O7S. The number of allylic oxidation sites excluding steroid dienone is 1. The molecule has 1 aromatic heterocycles. The van der Waals surface area contributed by atoms with Crippen LogP contribution in [0.25, 0.3) is 16.8 Å². The van der Waals surface area contributed by atoms with Crippen molar-refractivity contribution >= 4 is 46.1 Å². The summed E-state index contributed by atoms with van der Waals surface area (Å²) in [5, 5.41) is 1.93. The fraction of sp³-hybridized carbons (Fsp3) is 0.219. The van der Waals surface area contributed by atoms with Gasteiger partial charge in [-0.2, -0.15) is 0 Å². The van der Waals surface area contributed by atoms with E-state index in [1.807, 2.05) is 43.3 Å². The molecule has 3 aromatic carbocycles. The zero-order valence-electron chi connectivity index (χ0n) is 23.7. The van der Waals surface area contributed by atoms with Crippen LogP contribution < -0.4 is 24.4 Å². The molecule has 0 amide bonds. The maximum Gasteiger partial charge on any atom is 0.338 e. The average molecular weight is 585 g/mol. The van der Waals surface area contributed by atoms with E-state index in [0.29, 0.717) is 26.2 Å². The fourth-order valence-corrected chi connectivity index (χ4v) is 6.08. The molecule has 0 radical (unpaired) electrons. The van der Waals surface area contributed by atoms with Crippen molar-refractivity contribution in [1.29, 1.82) is 0 Å². The van der Waals surface area contributed by atoms with E-state index < -0.39 is 23.9 Å². The van der Waals surface area contributed by atoms with Crippen LogP contribution in [0.5, 0.6) is 11.5 Å². The molecule has 10 heteroatoms. The number of benzene rings is 3. The molecular weight excluding hydrogens is 556 g/mol. The lowest BCUT2D eigenvalue weighted by atomic mass is 9.90. The van der Waals surface area contributed by atoms with E-state index in [2.05, 4.69) is 4.99 Å². The predicted molar refractivity (Wildman–Crippen MR) is 158 cm³/mol. The maximum absolute atomic E-state index is 14.1. The van der Waals surface area contributed by atoms with Crippen molar-refractivity contribution in [2.24, 2.45) is 4.99 Å². The lowest BCUT2D eigenvalue weighted by Gasteiger charge is -2.26. The number of esters is 3. The van der Waals surface area contributed by atoms with Gasteiger partial charge in [-0.25, -0.2) is 9.79 Å². The number of aryl methyl sites for hydroxylation is 1. The van der Waals surface area contributed by atoms with E-state index in [4.69, 9.17) is 14.2 Å². The van der Waals surface area contributed by atoms with E-state index in [9.17, 15) is 19.2 Å². The second-order valence-corrected chi connectivity index (χ2v) is 10.7. The normalized spacial score (nSPS) is 14.8. The lowest BCUT2D eigenvalue weighted by Crippen LogP contribution is -2.40. The summed E-state index contributed by atoms with van der Waals surface area (Å²) in [5.41, 5.74) is 2.81. The van der Waals surface area contributed by atoms with Crippen molar-refractivity contribution in [3.63, 3.8) is 0 Å². The van der Waals surface area contributed by atoms with E-state index in [0.717, 1.165) is 21.9 Å². The fourth-order valence-electron chi connectivity index (χ4n) is 5.04. The molecule has 0 spiro atoms. The topological polar surface area (TPSA) is 113 Å². The first-order valence-corrected chi connectivity index (χ1v) is 14.1. The molecule has 1 unspecified atom stereocenters. The monoisotopic (exact) mass is 584 g/mol. The molecule has 0 bridgehead atoms. The van der Waals surface area contributed by atoms with Gasteiger partial charge in [0.1, 0.15) is 0 Å². The molecule has 0 N–H and O–H groups in total. The standard InChI is InChI=1S/C32H28N2O7S/c1-6-39-31(38)28-18(3)33-32-34(29(28)24-13-11-17(2)22-9-7-8-10-23(22)24)30(37)27(42-32)16-21-12-14-25(40-19(4)35)26(15-21)41-20(5)36/h7-16,29H,6H2,1-5H3/b27-16-. The van der Waals surface area contributed by atoms with Gasteiger partial charge in [-0.05, 0) is 66.4 Å². The third-order valence-corrected chi connectivity index (χ3v) is 7.74. The van der Waals surface area contributed by atoms with E-state index >= 15 is 0 Å². The minimum atomic E-state index is -0.768. The van der Waals surface area contributed by atoms with Crippen molar-refractivity contribution in [3.05, 3.63) is 102 Å². The number of fused-ring (bicyclic) bond motifs is 2. The van der Waals surface area contributed by atoms with E-state index in [1.165, 1.54) is 41.9 Å². The summed E-state index contributed by atoms with van der Waals surface area (Å²) in [7, 11) is 0. The van der Waals surface area contributed by atoms with Crippen molar-refractivity contribution in [2.75, 3.05) is 6.61 Å². The lowest BCUT2D eigenvalue weighted by molar-refractivity contribution is -0.139. The number of carbonyl (C=O) groups excluding carboxylic acids is 3. The molecule has 2 heterocycles. The largest absolute Gasteiger partial charge is 0.463 e. The number of hydrogen-bond acceptors (Lipinski definition) is 9. The van der Waals surface area contributed by atoms with Gasteiger partial charge in [-0.1, -0.05) is 53.8 Å². The van der Waals surface area contributed by atoms with Gasteiger partial charge in [0.2, 0.25) is 0 Å². The minimum Gasteiger partial charge on any atom is -0.463 e. The van der Waals surface area contributed by atoms with Crippen LogP contribution in [0.3, 0.4) is 0 Å². The zero-order valence-corrected chi connectivity index (χ0v) is 24.5. The van der Waals surface area contributed by atoms with Crippen LogP contribution in [0.15, 0.2) is 75.7 Å². The highest BCUT2D eigenvalue weighted by Crippen LogP contribution is 2.36. The molecule has 0 saturated carbocycles. The molecule has 42 heavy (non-hydrogen) atoms. The number of nitrogens with zero attached hydrogens (tertiary/aromatic N) is 2. The Labute approximate surface area is 245 Å². The summed E-state index contributed by atoms with van der Waals surface area (Å²) in [6.45, 7) is 8.14. The van der Waals surface area contributed by atoms with Gasteiger partial charge in [0.15, 0.2) is 16.3 Å². The molecule has 0 fully saturated rings. The Balaban J connectivity index is 1.73. The van der Waals surface area contributed by atoms with Crippen LogP contribution in [0.1, 0.15) is 50.4 Å². The average Bonchev–Trinajstić information content (AvgIpc) is 3.23. The van der Waals surface area contributed by atoms with Crippen LogP contribution in [0, 0.1) is 6.92 Å². The number of ether oxygens (including phenoxy) is 3. The van der Waals surface area contributed by atoms with E-state index in [-0.39, 0.29) is 23.7 Å². The third kappa shape index (κ3) is 5.40. The van der Waals surface area contributed by atoms with Crippen molar-refractivity contribution in [1.82, 2.24) is 4.57 Å². The second-order valence-electron chi connectivity index (χ2n) is 9.71. The van der Waals surface area contributed by atoms with Crippen LogP contribution in [0.2, 0.25) is 0 Å². The number of rotatable bonds is 6. The summed E-state index contributed by atoms with van der Waals surface area (Å²) < 4.78 is 17.7. The van der Waals surface area contributed by atoms with E-state index in [1.54, 1.807) is 26.0 Å². The van der Waals surface area contributed by atoms with Crippen LogP contribution in [-0.2, 0) is 19.1 Å². The molecule has 9 nitrogen and oxygen atoms in total. The Kier molecular flexibility index (Phi) is 7.91. The van der Waals surface area contributed by atoms with Crippen LogP contribution in [-0.4, -0.2) is 29.1 Å². The molecule has 1 atom stereocenters. The molecule has 1 aliphatic heterocycles. The molecule has 1 aliphatic rings. The minimum absolute atomic E-state index is 0.0451. The highest BCUT2D eigenvalue weighted by atomic mass is 32.1. The Morgan fingerprint density at radius 2 is 1.64 bits per heavy atom. The van der Waals surface area contributed by atoms with Crippen LogP contribution in [0.4, 0.5) is 0 Å². The Bertz CT molecular complexity index is 1980. The van der Waals surface area contributed by atoms with Gasteiger partial charge in [0.25, 0.3) is 5.56 Å². The molecule has 5 rings (SSSR count). The summed E-state index contributed by atoms with van der Waals surface area (Å²) in [5.74, 6) is -1.57. The molecule has 0 saturated heterocycles. The Hall–Kier alpha value is -4.83. The second kappa shape index (κ2) is 11.6. The number of carbonyl (C=O) groups is 3. The molecule has 0 aliphatic carbocycles. The quantitative estimate of drug-likeness (QED) is 0.248. The first kappa shape index (κ1) is 28.7. The third-order valence-electron chi connectivity index (χ3n) is 6.76. The van der Waals surface area contributed by atoms with Crippen molar-refractivity contribution < 1.29 is 28.6 Å². The molecule has 4 aromatic rings. The summed E-state index contributed by atoms with van der Waals surface area (Å²) in [6, 6.07) is 15.7. The predicted octanol–water partition coefficient (Wildman–Crippen LogP) is 4.11.